The molecular weight excluding hydrogens is 286 g/mol. The fourth-order valence-corrected chi connectivity index (χ4v) is 2.87. The Morgan fingerprint density at radius 3 is 2.65 bits per heavy atom. The van der Waals surface area contributed by atoms with Gasteiger partial charge in [0.15, 0.2) is 0 Å². The summed E-state index contributed by atoms with van der Waals surface area (Å²) < 4.78 is 0.797. The van der Waals surface area contributed by atoms with Crippen molar-refractivity contribution < 1.29 is 4.92 Å². The highest BCUT2D eigenvalue weighted by Gasteiger charge is 2.24. The Balaban J connectivity index is 2.46. The van der Waals surface area contributed by atoms with Crippen LogP contribution in [0.3, 0.4) is 0 Å². The summed E-state index contributed by atoms with van der Waals surface area (Å²) in [7, 11) is 0. The van der Waals surface area contributed by atoms with Crippen molar-refractivity contribution in [3.05, 3.63) is 32.3 Å². The number of anilines is 1. The van der Waals surface area contributed by atoms with Gasteiger partial charge in [-0.25, -0.2) is 0 Å². The standard InChI is InChI=1S/C11H14BrN3O2/c1-8-6-9(12)11(10(7-8)15(16)17)14-4-2-13-3-5-14/h6-7,13H,2-5H2,1H3. The number of nitrogens with zero attached hydrogens (tertiary/aromatic N) is 2. The molecule has 1 aliphatic heterocycles. The van der Waals surface area contributed by atoms with Gasteiger partial charge in [-0.2, -0.15) is 0 Å². The minimum atomic E-state index is -0.310. The van der Waals surface area contributed by atoms with Crippen LogP contribution in [0.25, 0.3) is 0 Å². The van der Waals surface area contributed by atoms with E-state index in [9.17, 15) is 10.1 Å². The number of rotatable bonds is 2. The van der Waals surface area contributed by atoms with Gasteiger partial charge in [-0.3, -0.25) is 10.1 Å². The van der Waals surface area contributed by atoms with Crippen LogP contribution < -0.4 is 10.2 Å². The zero-order chi connectivity index (χ0) is 12.4. The highest BCUT2D eigenvalue weighted by Crippen LogP contribution is 2.37. The summed E-state index contributed by atoms with van der Waals surface area (Å²) in [4.78, 5) is 12.9. The number of nitro groups is 1. The van der Waals surface area contributed by atoms with Crippen molar-refractivity contribution >= 4 is 27.3 Å². The van der Waals surface area contributed by atoms with Crippen molar-refractivity contribution in [2.24, 2.45) is 0 Å². The van der Waals surface area contributed by atoms with E-state index in [0.717, 1.165) is 36.2 Å². The first-order valence-corrected chi connectivity index (χ1v) is 6.29. The number of hydrogen-bond acceptors (Lipinski definition) is 4. The van der Waals surface area contributed by atoms with Crippen LogP contribution in [0.2, 0.25) is 0 Å². The average molecular weight is 300 g/mol. The molecule has 1 heterocycles. The van der Waals surface area contributed by atoms with Gasteiger partial charge in [0.25, 0.3) is 5.69 Å². The van der Waals surface area contributed by atoms with E-state index in [1.54, 1.807) is 6.07 Å². The third kappa shape index (κ3) is 2.58. The Hall–Kier alpha value is -1.14. The Morgan fingerprint density at radius 1 is 1.41 bits per heavy atom. The van der Waals surface area contributed by atoms with Crippen molar-refractivity contribution in [3.63, 3.8) is 0 Å². The molecule has 2 rings (SSSR count). The maximum absolute atomic E-state index is 11.1. The van der Waals surface area contributed by atoms with Crippen LogP contribution in [0, 0.1) is 17.0 Å². The molecule has 92 valence electrons. The average Bonchev–Trinajstić information content (AvgIpc) is 2.29. The van der Waals surface area contributed by atoms with Crippen molar-refractivity contribution in [2.45, 2.75) is 6.92 Å². The summed E-state index contributed by atoms with van der Waals surface area (Å²) in [6.07, 6.45) is 0. The number of aryl methyl sites for hydroxylation is 1. The normalized spacial score (nSPS) is 16.0. The largest absolute Gasteiger partial charge is 0.363 e. The maximum Gasteiger partial charge on any atom is 0.293 e. The molecular formula is C11H14BrN3O2. The lowest BCUT2D eigenvalue weighted by Crippen LogP contribution is -2.43. The van der Waals surface area contributed by atoms with Gasteiger partial charge in [0, 0.05) is 36.7 Å². The molecule has 1 fully saturated rings. The highest BCUT2D eigenvalue weighted by atomic mass is 79.9. The van der Waals surface area contributed by atoms with E-state index in [4.69, 9.17) is 0 Å². The van der Waals surface area contributed by atoms with E-state index < -0.39 is 0 Å². The second kappa shape index (κ2) is 5.01. The molecule has 0 radical (unpaired) electrons. The molecule has 6 heteroatoms. The summed E-state index contributed by atoms with van der Waals surface area (Å²) in [6, 6.07) is 3.55. The van der Waals surface area contributed by atoms with E-state index in [0.29, 0.717) is 5.69 Å². The Bertz CT molecular complexity index is 445. The number of piperazine rings is 1. The van der Waals surface area contributed by atoms with Gasteiger partial charge >= 0.3 is 0 Å². The zero-order valence-electron chi connectivity index (χ0n) is 9.57. The monoisotopic (exact) mass is 299 g/mol. The minimum Gasteiger partial charge on any atom is -0.363 e. The van der Waals surface area contributed by atoms with E-state index in [-0.39, 0.29) is 10.6 Å². The Labute approximate surface area is 108 Å². The fraction of sp³-hybridized carbons (Fsp3) is 0.455. The third-order valence-corrected chi connectivity index (χ3v) is 3.42. The van der Waals surface area contributed by atoms with Gasteiger partial charge in [-0.15, -0.1) is 0 Å². The second-order valence-corrected chi connectivity index (χ2v) is 4.96. The quantitative estimate of drug-likeness (QED) is 0.671. The molecule has 1 aromatic carbocycles. The third-order valence-electron chi connectivity index (χ3n) is 2.82. The lowest BCUT2D eigenvalue weighted by Gasteiger charge is -2.29. The lowest BCUT2D eigenvalue weighted by atomic mass is 10.1. The SMILES string of the molecule is Cc1cc(Br)c(N2CCNCC2)c([N+](=O)[O-])c1. The molecule has 0 saturated carbocycles. The van der Waals surface area contributed by atoms with Gasteiger partial charge in [0.05, 0.1) is 4.92 Å². The predicted octanol–water partition coefficient (Wildman–Crippen LogP) is 2.08. The molecule has 5 nitrogen and oxygen atoms in total. The molecule has 1 saturated heterocycles. The van der Waals surface area contributed by atoms with Crippen molar-refractivity contribution in [2.75, 3.05) is 31.1 Å². The van der Waals surface area contributed by atoms with Gasteiger partial charge in [0.1, 0.15) is 5.69 Å². The zero-order valence-corrected chi connectivity index (χ0v) is 11.2. The summed E-state index contributed by atoms with van der Waals surface area (Å²) in [6.45, 7) is 5.17. The van der Waals surface area contributed by atoms with Crippen LogP contribution >= 0.6 is 15.9 Å². The molecule has 0 unspecified atom stereocenters. The highest BCUT2D eigenvalue weighted by molar-refractivity contribution is 9.10. The summed E-state index contributed by atoms with van der Waals surface area (Å²) in [5, 5.41) is 14.3. The molecule has 0 aliphatic carbocycles. The maximum atomic E-state index is 11.1. The Kier molecular flexibility index (Phi) is 3.63. The van der Waals surface area contributed by atoms with Crippen molar-refractivity contribution in [1.29, 1.82) is 0 Å². The number of nitro benzene ring substituents is 1. The minimum absolute atomic E-state index is 0.179. The van der Waals surface area contributed by atoms with Crippen LogP contribution in [0.1, 0.15) is 5.56 Å². The molecule has 17 heavy (non-hydrogen) atoms. The topological polar surface area (TPSA) is 58.4 Å². The molecule has 1 aromatic rings. The number of benzene rings is 1. The molecule has 0 atom stereocenters. The smallest absolute Gasteiger partial charge is 0.293 e. The van der Waals surface area contributed by atoms with E-state index >= 15 is 0 Å². The van der Waals surface area contributed by atoms with E-state index in [1.807, 2.05) is 13.0 Å². The van der Waals surface area contributed by atoms with Gasteiger partial charge in [0.2, 0.25) is 0 Å². The molecule has 1 aliphatic rings. The van der Waals surface area contributed by atoms with Crippen LogP contribution in [0.4, 0.5) is 11.4 Å². The van der Waals surface area contributed by atoms with Gasteiger partial charge in [-0.1, -0.05) is 0 Å². The summed E-state index contributed by atoms with van der Waals surface area (Å²) in [5.41, 5.74) is 1.77. The van der Waals surface area contributed by atoms with E-state index in [2.05, 4.69) is 26.1 Å². The van der Waals surface area contributed by atoms with Crippen molar-refractivity contribution in [3.8, 4) is 0 Å². The van der Waals surface area contributed by atoms with E-state index in [1.165, 1.54) is 0 Å². The number of nitrogens with one attached hydrogen (secondary N) is 1. The first kappa shape index (κ1) is 12.3. The summed E-state index contributed by atoms with van der Waals surface area (Å²) in [5.74, 6) is 0. The molecule has 1 N–H and O–H groups in total. The van der Waals surface area contributed by atoms with Crippen molar-refractivity contribution in [1.82, 2.24) is 5.32 Å². The summed E-state index contributed by atoms with van der Waals surface area (Å²) >= 11 is 3.44. The van der Waals surface area contributed by atoms with Crippen LogP contribution in [0.5, 0.6) is 0 Å². The molecule has 0 spiro atoms. The molecule has 0 amide bonds. The first-order valence-electron chi connectivity index (χ1n) is 5.50. The number of halogens is 1. The predicted molar refractivity (Wildman–Crippen MR) is 70.6 cm³/mol. The van der Waals surface area contributed by atoms with Crippen LogP contribution in [-0.2, 0) is 0 Å². The molecule has 0 aromatic heterocycles. The Morgan fingerprint density at radius 2 is 2.06 bits per heavy atom. The lowest BCUT2D eigenvalue weighted by molar-refractivity contribution is -0.384. The number of hydrogen-bond donors (Lipinski definition) is 1. The second-order valence-electron chi connectivity index (χ2n) is 4.11. The van der Waals surface area contributed by atoms with Crippen LogP contribution in [0.15, 0.2) is 16.6 Å². The van der Waals surface area contributed by atoms with Crippen LogP contribution in [-0.4, -0.2) is 31.1 Å². The van der Waals surface area contributed by atoms with Gasteiger partial charge in [-0.05, 0) is 34.5 Å². The molecule has 0 bridgehead atoms. The fourth-order valence-electron chi connectivity index (χ4n) is 2.06. The first-order chi connectivity index (χ1) is 8.09. The van der Waals surface area contributed by atoms with Gasteiger partial charge < -0.3 is 10.2 Å².